The fourth-order valence-corrected chi connectivity index (χ4v) is 6.31. The number of nitro groups is 1. The zero-order chi connectivity index (χ0) is 31.0. The second-order valence-electron chi connectivity index (χ2n) is 9.16. The van der Waals surface area contributed by atoms with Crippen LogP contribution in [0.4, 0.5) is 5.69 Å². The predicted molar refractivity (Wildman–Crippen MR) is 163 cm³/mol. The monoisotopic (exact) mass is 687 g/mol. The molecule has 14 heteroatoms. The third kappa shape index (κ3) is 5.63. The van der Waals surface area contributed by atoms with Gasteiger partial charge in [0.25, 0.3) is 11.2 Å². The fraction of sp³-hybridized carbons (Fsp3) is 0.207. The lowest BCUT2D eigenvalue weighted by Crippen LogP contribution is -2.40. The summed E-state index contributed by atoms with van der Waals surface area (Å²) in [6.45, 7) is 3.53. The summed E-state index contributed by atoms with van der Waals surface area (Å²) in [5.74, 6) is 0.990. The fourth-order valence-electron chi connectivity index (χ4n) is 4.69. The number of benzene rings is 2. The van der Waals surface area contributed by atoms with Crippen molar-refractivity contribution in [2.24, 2.45) is 4.99 Å². The smallest absolute Gasteiger partial charge is 0.338 e. The Morgan fingerprint density at radius 2 is 2.00 bits per heavy atom. The molecule has 2 aromatic heterocycles. The van der Waals surface area contributed by atoms with Gasteiger partial charge in [-0.15, -0.1) is 0 Å². The molecule has 0 unspecified atom stereocenters. The number of rotatable bonds is 8. The number of carbonyl (C=O) groups is 1. The highest BCUT2D eigenvalue weighted by atomic mass is 79.9. The van der Waals surface area contributed by atoms with Crippen LogP contribution in [0.25, 0.3) is 17.4 Å². The van der Waals surface area contributed by atoms with E-state index in [0.29, 0.717) is 44.6 Å². The van der Waals surface area contributed by atoms with E-state index in [1.54, 1.807) is 50.3 Å². The summed E-state index contributed by atoms with van der Waals surface area (Å²) in [5.41, 5.74) is 0.919. The number of hydrogen-bond acceptors (Lipinski definition) is 10. The molecular formula is C29H23BrClN3O8S. The number of halogens is 2. The summed E-state index contributed by atoms with van der Waals surface area (Å²) in [7, 11) is 3.02. The summed E-state index contributed by atoms with van der Waals surface area (Å²) < 4.78 is 24.1. The second-order valence-corrected chi connectivity index (χ2v) is 11.4. The van der Waals surface area contributed by atoms with Crippen LogP contribution < -0.4 is 24.4 Å². The lowest BCUT2D eigenvalue weighted by molar-refractivity contribution is -0.385. The van der Waals surface area contributed by atoms with Gasteiger partial charge >= 0.3 is 5.97 Å². The van der Waals surface area contributed by atoms with Crippen molar-refractivity contribution < 1.29 is 28.3 Å². The molecule has 43 heavy (non-hydrogen) atoms. The number of hydrogen-bond donors (Lipinski definition) is 0. The first-order valence-electron chi connectivity index (χ1n) is 12.7. The van der Waals surface area contributed by atoms with E-state index in [2.05, 4.69) is 20.9 Å². The molecule has 0 radical (unpaired) electrons. The van der Waals surface area contributed by atoms with Crippen molar-refractivity contribution in [2.75, 3.05) is 20.8 Å². The van der Waals surface area contributed by atoms with Gasteiger partial charge in [0.1, 0.15) is 33.5 Å². The summed E-state index contributed by atoms with van der Waals surface area (Å²) in [6.07, 6.45) is 1.55. The minimum Gasteiger partial charge on any atom is -0.497 e. The van der Waals surface area contributed by atoms with Crippen LogP contribution in [-0.4, -0.2) is 36.3 Å². The Labute approximate surface area is 261 Å². The van der Waals surface area contributed by atoms with Crippen molar-refractivity contribution in [3.8, 4) is 22.8 Å². The minimum absolute atomic E-state index is 0.139. The molecule has 3 heterocycles. The third-order valence-electron chi connectivity index (χ3n) is 6.64. The Kier molecular flexibility index (Phi) is 8.58. The SMILES string of the molecule is CCOC(=O)C1=C(C)N=c2s/c(=C\c3ccc(-c4cc(Cl)c(Br)c([N+](=O)[O-])c4)o3)c(=O)n2[C@H]1c1ccc(OC)cc1OC. The van der Waals surface area contributed by atoms with E-state index in [0.717, 1.165) is 11.3 Å². The number of nitrogens with zero attached hydrogens (tertiary/aromatic N) is 3. The van der Waals surface area contributed by atoms with Gasteiger partial charge in [-0.25, -0.2) is 9.79 Å². The van der Waals surface area contributed by atoms with E-state index < -0.39 is 22.5 Å². The Morgan fingerprint density at radius 1 is 1.23 bits per heavy atom. The first kappa shape index (κ1) is 30.3. The molecule has 0 saturated carbocycles. The highest BCUT2D eigenvalue weighted by molar-refractivity contribution is 9.10. The van der Waals surface area contributed by atoms with Crippen LogP contribution >= 0.6 is 38.9 Å². The average Bonchev–Trinajstić information content (AvgIpc) is 3.57. The number of thiazole rings is 1. The van der Waals surface area contributed by atoms with Gasteiger partial charge in [-0.3, -0.25) is 19.5 Å². The highest BCUT2D eigenvalue weighted by Gasteiger charge is 2.35. The van der Waals surface area contributed by atoms with Crippen LogP contribution in [0.15, 0.2) is 72.4 Å². The van der Waals surface area contributed by atoms with Gasteiger partial charge < -0.3 is 18.6 Å². The Bertz CT molecular complexity index is 1990. The second kappa shape index (κ2) is 12.2. The molecule has 0 saturated heterocycles. The van der Waals surface area contributed by atoms with Crippen molar-refractivity contribution in [2.45, 2.75) is 19.9 Å². The first-order valence-corrected chi connectivity index (χ1v) is 14.7. The molecule has 1 atom stereocenters. The summed E-state index contributed by atoms with van der Waals surface area (Å²) in [5, 5.41) is 11.6. The molecular weight excluding hydrogens is 666 g/mol. The van der Waals surface area contributed by atoms with Gasteiger partial charge in [-0.2, -0.15) is 0 Å². The van der Waals surface area contributed by atoms with Crippen molar-refractivity contribution in [3.05, 3.63) is 104 Å². The normalized spacial score (nSPS) is 14.7. The third-order valence-corrected chi connectivity index (χ3v) is 8.99. The maximum Gasteiger partial charge on any atom is 0.338 e. The molecule has 2 aromatic carbocycles. The Morgan fingerprint density at radius 3 is 2.67 bits per heavy atom. The van der Waals surface area contributed by atoms with Crippen LogP contribution in [0.1, 0.15) is 31.2 Å². The standard InChI is InChI=1S/C29H23BrClN3O8S/c1-5-41-28(36)24-14(2)32-29-33(26(24)18-8-6-16(39-3)12-22(18)40-4)27(35)23(43-29)13-17-7-9-21(42-17)15-10-19(31)25(30)20(11-15)34(37)38/h6-13,26H,5H2,1-4H3/b23-13-/t26-/m0/s1. The van der Waals surface area contributed by atoms with Crippen molar-refractivity contribution >= 4 is 56.6 Å². The van der Waals surface area contributed by atoms with Crippen LogP contribution in [0.3, 0.4) is 0 Å². The van der Waals surface area contributed by atoms with E-state index >= 15 is 0 Å². The number of aromatic nitrogens is 1. The number of methoxy groups -OCH3 is 2. The maximum atomic E-state index is 13.9. The Hall–Kier alpha value is -4.20. The summed E-state index contributed by atoms with van der Waals surface area (Å²) >= 11 is 10.4. The van der Waals surface area contributed by atoms with E-state index in [4.69, 9.17) is 30.2 Å². The largest absolute Gasteiger partial charge is 0.497 e. The predicted octanol–water partition coefficient (Wildman–Crippen LogP) is 5.40. The molecule has 11 nitrogen and oxygen atoms in total. The number of fused-ring (bicyclic) bond motifs is 1. The average molecular weight is 689 g/mol. The van der Waals surface area contributed by atoms with Gasteiger partial charge in [0.05, 0.1) is 46.6 Å². The number of ether oxygens (including phenoxy) is 3. The Balaban J connectivity index is 1.65. The molecule has 0 spiro atoms. The molecule has 0 bridgehead atoms. The summed E-state index contributed by atoms with van der Waals surface area (Å²) in [4.78, 5) is 43.0. The van der Waals surface area contributed by atoms with Crippen molar-refractivity contribution in [1.82, 2.24) is 4.57 Å². The first-order chi connectivity index (χ1) is 20.6. The van der Waals surface area contributed by atoms with Gasteiger partial charge in [0.2, 0.25) is 0 Å². The molecule has 0 N–H and O–H groups in total. The molecule has 0 aliphatic carbocycles. The summed E-state index contributed by atoms with van der Waals surface area (Å²) in [6, 6.07) is 10.4. The number of furan rings is 1. The van der Waals surface area contributed by atoms with Gasteiger partial charge in [-0.05, 0) is 60.1 Å². The van der Waals surface area contributed by atoms with Crippen molar-refractivity contribution in [1.29, 1.82) is 0 Å². The quantitative estimate of drug-likeness (QED) is 0.136. The maximum absolute atomic E-state index is 13.9. The van der Waals surface area contributed by atoms with E-state index in [1.165, 1.54) is 30.9 Å². The number of esters is 1. The van der Waals surface area contributed by atoms with Crippen LogP contribution in [0.2, 0.25) is 5.02 Å². The molecule has 222 valence electrons. The molecule has 0 fully saturated rings. The van der Waals surface area contributed by atoms with E-state index in [9.17, 15) is 19.7 Å². The molecule has 1 aliphatic rings. The zero-order valence-corrected chi connectivity index (χ0v) is 26.3. The minimum atomic E-state index is -0.893. The molecule has 0 amide bonds. The van der Waals surface area contributed by atoms with Crippen LogP contribution in [0.5, 0.6) is 11.5 Å². The lowest BCUT2D eigenvalue weighted by atomic mass is 9.95. The van der Waals surface area contributed by atoms with E-state index in [1.807, 2.05) is 0 Å². The van der Waals surface area contributed by atoms with Gasteiger partial charge in [0, 0.05) is 29.3 Å². The van der Waals surface area contributed by atoms with Gasteiger partial charge in [-0.1, -0.05) is 22.9 Å². The number of nitro benzene ring substituents is 1. The molecule has 1 aliphatic heterocycles. The number of carbonyl (C=O) groups excluding carboxylic acids is 1. The number of allylic oxidation sites excluding steroid dienone is 1. The molecule has 5 rings (SSSR count). The molecule has 4 aromatic rings. The highest BCUT2D eigenvalue weighted by Crippen LogP contribution is 2.39. The van der Waals surface area contributed by atoms with Crippen molar-refractivity contribution in [3.63, 3.8) is 0 Å². The topological polar surface area (TPSA) is 135 Å². The van der Waals surface area contributed by atoms with E-state index in [-0.39, 0.29) is 31.9 Å². The lowest BCUT2D eigenvalue weighted by Gasteiger charge is -2.26. The zero-order valence-electron chi connectivity index (χ0n) is 23.2. The van der Waals surface area contributed by atoms with Crippen LogP contribution in [-0.2, 0) is 9.53 Å². The van der Waals surface area contributed by atoms with Gasteiger partial charge in [0.15, 0.2) is 4.80 Å². The van der Waals surface area contributed by atoms with Crippen LogP contribution in [0, 0.1) is 10.1 Å².